The number of carboxylic acids is 1. The Kier molecular flexibility index (Phi) is 6.64. The van der Waals surface area contributed by atoms with Crippen LogP contribution in [0.1, 0.15) is 68.1 Å². The van der Waals surface area contributed by atoms with Crippen LogP contribution in [0.25, 0.3) is 0 Å². The highest BCUT2D eigenvalue weighted by Gasteiger charge is 2.34. The molecule has 32 heavy (non-hydrogen) atoms. The van der Waals surface area contributed by atoms with Crippen LogP contribution in [0.15, 0.2) is 30.3 Å². The van der Waals surface area contributed by atoms with Gasteiger partial charge in [-0.3, -0.25) is 10.1 Å². The van der Waals surface area contributed by atoms with Crippen LogP contribution in [0.4, 0.5) is 18.9 Å². The van der Waals surface area contributed by atoms with E-state index >= 15 is 0 Å². The summed E-state index contributed by atoms with van der Waals surface area (Å²) in [6.45, 7) is 11.8. The third kappa shape index (κ3) is 5.77. The normalized spacial score (nSPS) is 12.5. The second-order valence-electron chi connectivity index (χ2n) is 9.64. The van der Waals surface area contributed by atoms with Crippen molar-refractivity contribution in [3.05, 3.63) is 62.7 Å². The molecule has 0 bridgehead atoms. The van der Waals surface area contributed by atoms with Gasteiger partial charge in [-0.15, -0.1) is 0 Å². The smallest absolute Gasteiger partial charge is 0.416 e. The molecule has 0 atom stereocenters. The van der Waals surface area contributed by atoms with E-state index in [-0.39, 0.29) is 22.1 Å². The molecule has 0 heterocycles. The number of nitrogens with zero attached hydrogens (tertiary/aromatic N) is 1. The lowest BCUT2D eigenvalue weighted by atomic mass is 9.71. The van der Waals surface area contributed by atoms with Crippen molar-refractivity contribution in [3.8, 4) is 11.5 Å². The lowest BCUT2D eigenvalue weighted by Gasteiger charge is -2.33. The van der Waals surface area contributed by atoms with E-state index in [1.165, 1.54) is 6.07 Å². The zero-order chi connectivity index (χ0) is 24.6. The van der Waals surface area contributed by atoms with Crippen molar-refractivity contribution in [3.63, 3.8) is 0 Å². The van der Waals surface area contributed by atoms with E-state index in [0.29, 0.717) is 17.7 Å². The number of nitro benzene ring substituents is 1. The van der Waals surface area contributed by atoms with Gasteiger partial charge in [0.05, 0.1) is 10.5 Å². The van der Waals surface area contributed by atoms with Crippen molar-refractivity contribution < 1.29 is 32.7 Å². The zero-order valence-corrected chi connectivity index (χ0v) is 18.8. The molecule has 0 aromatic heterocycles. The van der Waals surface area contributed by atoms with E-state index in [2.05, 4.69) is 20.8 Å². The van der Waals surface area contributed by atoms with Gasteiger partial charge >= 0.3 is 17.8 Å². The van der Waals surface area contributed by atoms with Crippen LogP contribution in [-0.2, 0) is 11.6 Å². The Labute approximate surface area is 184 Å². The summed E-state index contributed by atoms with van der Waals surface area (Å²) < 4.78 is 44.4. The maximum atomic E-state index is 13.0. The molecular formula is C23H26F3NO5. The Balaban J connectivity index is 2.60. The van der Waals surface area contributed by atoms with Gasteiger partial charge in [-0.1, -0.05) is 40.7 Å². The highest BCUT2D eigenvalue weighted by Crippen LogP contribution is 2.42. The topological polar surface area (TPSA) is 89.7 Å². The predicted octanol–water partition coefficient (Wildman–Crippen LogP) is 7.13. The first-order chi connectivity index (χ1) is 14.4. The van der Waals surface area contributed by atoms with Gasteiger partial charge in [0.2, 0.25) is 5.75 Å². The van der Waals surface area contributed by atoms with Gasteiger partial charge in [0.1, 0.15) is 11.3 Å². The van der Waals surface area contributed by atoms with Crippen molar-refractivity contribution >= 4 is 11.7 Å². The second kappa shape index (κ2) is 8.44. The average molecular weight is 453 g/mol. The summed E-state index contributed by atoms with van der Waals surface area (Å²) in [5.74, 6) is -1.95. The Bertz CT molecular complexity index is 1050. The number of aryl methyl sites for hydroxylation is 1. The van der Waals surface area contributed by atoms with Gasteiger partial charge in [-0.25, -0.2) is 4.79 Å². The van der Waals surface area contributed by atoms with Gasteiger partial charge < -0.3 is 9.84 Å². The van der Waals surface area contributed by atoms with Gasteiger partial charge in [0.25, 0.3) is 0 Å². The lowest BCUT2D eigenvalue weighted by Crippen LogP contribution is -2.25. The van der Waals surface area contributed by atoms with Crippen molar-refractivity contribution in [2.45, 2.75) is 59.6 Å². The Hall–Kier alpha value is -3.10. The number of rotatable bonds is 6. The summed E-state index contributed by atoms with van der Waals surface area (Å²) in [4.78, 5) is 22.3. The highest BCUT2D eigenvalue weighted by atomic mass is 19.4. The number of carbonyl (C=O) groups is 1. The van der Waals surface area contributed by atoms with Crippen molar-refractivity contribution in [2.24, 2.45) is 5.41 Å². The number of nitro groups is 1. The molecular weight excluding hydrogens is 427 g/mol. The molecule has 1 N–H and O–H groups in total. The zero-order valence-electron chi connectivity index (χ0n) is 18.8. The van der Waals surface area contributed by atoms with Crippen LogP contribution in [0.5, 0.6) is 11.5 Å². The molecule has 0 radical (unpaired) electrons. The van der Waals surface area contributed by atoms with Gasteiger partial charge in [-0.2, -0.15) is 13.2 Å². The minimum atomic E-state index is -4.77. The number of alkyl halides is 3. The molecule has 2 aromatic rings. The van der Waals surface area contributed by atoms with E-state index in [9.17, 15) is 33.2 Å². The molecule has 9 heteroatoms. The van der Waals surface area contributed by atoms with Crippen LogP contribution >= 0.6 is 0 Å². The van der Waals surface area contributed by atoms with Crippen LogP contribution in [0, 0.1) is 22.5 Å². The van der Waals surface area contributed by atoms with E-state index < -0.39 is 34.1 Å². The third-order valence-electron chi connectivity index (χ3n) is 4.95. The Morgan fingerprint density at radius 1 is 1.06 bits per heavy atom. The summed E-state index contributed by atoms with van der Waals surface area (Å²) in [6.07, 6.45) is -4.02. The molecule has 174 valence electrons. The fourth-order valence-electron chi connectivity index (χ4n) is 3.92. The number of halogens is 3. The van der Waals surface area contributed by atoms with Crippen LogP contribution in [0.2, 0.25) is 0 Å². The Morgan fingerprint density at radius 3 is 2.12 bits per heavy atom. The van der Waals surface area contributed by atoms with E-state index in [0.717, 1.165) is 18.1 Å². The highest BCUT2D eigenvalue weighted by molar-refractivity contribution is 5.92. The fourth-order valence-corrected chi connectivity index (χ4v) is 3.92. The van der Waals surface area contributed by atoms with Crippen molar-refractivity contribution in [1.29, 1.82) is 0 Å². The number of hydrogen-bond acceptors (Lipinski definition) is 4. The first-order valence-corrected chi connectivity index (χ1v) is 9.84. The van der Waals surface area contributed by atoms with E-state index in [1.54, 1.807) is 13.0 Å². The van der Waals surface area contributed by atoms with Crippen molar-refractivity contribution in [1.82, 2.24) is 0 Å². The van der Waals surface area contributed by atoms with Crippen LogP contribution in [0.3, 0.4) is 0 Å². The van der Waals surface area contributed by atoms with Crippen molar-refractivity contribution in [2.75, 3.05) is 0 Å². The molecule has 0 unspecified atom stereocenters. The molecule has 0 amide bonds. The van der Waals surface area contributed by atoms with E-state index in [4.69, 9.17) is 4.74 Å². The van der Waals surface area contributed by atoms with E-state index in [1.807, 2.05) is 13.8 Å². The molecule has 0 aliphatic carbocycles. The number of ether oxygens (including phenoxy) is 1. The molecule has 2 aromatic carbocycles. The third-order valence-corrected chi connectivity index (χ3v) is 4.95. The number of hydrogen-bond donors (Lipinski definition) is 1. The average Bonchev–Trinajstić information content (AvgIpc) is 2.59. The summed E-state index contributed by atoms with van der Waals surface area (Å²) in [7, 11) is 0. The molecule has 0 saturated carbocycles. The summed E-state index contributed by atoms with van der Waals surface area (Å²) >= 11 is 0. The van der Waals surface area contributed by atoms with Crippen LogP contribution < -0.4 is 4.74 Å². The number of aromatic carboxylic acids is 1. The monoisotopic (exact) mass is 453 g/mol. The predicted molar refractivity (Wildman–Crippen MR) is 113 cm³/mol. The maximum Gasteiger partial charge on any atom is 0.416 e. The first kappa shape index (κ1) is 25.2. The molecule has 6 nitrogen and oxygen atoms in total. The largest absolute Gasteiger partial charge is 0.478 e. The second-order valence-corrected chi connectivity index (χ2v) is 9.64. The number of carboxylic acid groups (broad SMARTS) is 1. The first-order valence-electron chi connectivity index (χ1n) is 9.84. The standard InChI is InChI=1S/C23H26F3NO5/c1-13-9-15(22(5,6)12-21(2,3)4)10-16(20(28)29)19(13)32-18-8-7-14(23(24,25)26)11-17(18)27(30)31/h7-11H,12H2,1-6H3,(H,28,29). The van der Waals surface area contributed by atoms with Crippen LogP contribution in [-0.4, -0.2) is 16.0 Å². The lowest BCUT2D eigenvalue weighted by molar-refractivity contribution is -0.385. The molecule has 0 spiro atoms. The number of benzene rings is 2. The summed E-state index contributed by atoms with van der Waals surface area (Å²) in [5.41, 5.74) is -1.61. The Morgan fingerprint density at radius 2 is 1.66 bits per heavy atom. The van der Waals surface area contributed by atoms with Gasteiger partial charge in [0, 0.05) is 6.07 Å². The summed E-state index contributed by atoms with van der Waals surface area (Å²) in [5, 5.41) is 21.1. The minimum absolute atomic E-state index is 0.0309. The quantitative estimate of drug-likeness (QED) is 0.371. The summed E-state index contributed by atoms with van der Waals surface area (Å²) in [6, 6.07) is 5.03. The molecule has 2 rings (SSSR count). The SMILES string of the molecule is Cc1cc(C(C)(C)CC(C)(C)C)cc(C(=O)O)c1Oc1ccc(C(F)(F)F)cc1[N+](=O)[O-]. The maximum absolute atomic E-state index is 13.0. The minimum Gasteiger partial charge on any atom is -0.478 e. The fraction of sp³-hybridized carbons (Fsp3) is 0.435. The van der Waals surface area contributed by atoms with Gasteiger partial charge in [-0.05, 0) is 53.5 Å². The molecule has 0 aliphatic rings. The molecule has 0 aliphatic heterocycles. The molecule has 0 saturated heterocycles. The molecule has 0 fully saturated rings. The van der Waals surface area contributed by atoms with Gasteiger partial charge in [0.15, 0.2) is 0 Å².